The van der Waals surface area contributed by atoms with E-state index in [2.05, 4.69) is 21.2 Å². The summed E-state index contributed by atoms with van der Waals surface area (Å²) in [5, 5.41) is 3.10. The van der Waals surface area contributed by atoms with Gasteiger partial charge in [0.15, 0.2) is 0 Å². The third kappa shape index (κ3) is 7.54. The van der Waals surface area contributed by atoms with Gasteiger partial charge < -0.3 is 10.2 Å². The summed E-state index contributed by atoms with van der Waals surface area (Å²) in [6, 6.07) is 13.9. The molecule has 2 aromatic carbocycles. The van der Waals surface area contributed by atoms with Crippen LogP contribution < -0.4 is 9.62 Å². The molecule has 0 bridgehead atoms. The van der Waals surface area contributed by atoms with Crippen LogP contribution in [-0.4, -0.2) is 50.0 Å². The quantitative estimate of drug-likeness (QED) is 0.490. The van der Waals surface area contributed by atoms with Crippen molar-refractivity contribution in [1.82, 2.24) is 10.2 Å². The maximum Gasteiger partial charge on any atom is 0.244 e. The summed E-state index contributed by atoms with van der Waals surface area (Å²) in [7, 11) is -3.74. The Labute approximate surface area is 217 Å². The fourth-order valence-electron chi connectivity index (χ4n) is 4.42. The minimum absolute atomic E-state index is 0.112. The zero-order valence-corrected chi connectivity index (χ0v) is 22.9. The second kappa shape index (κ2) is 12.0. The first-order valence-corrected chi connectivity index (χ1v) is 14.6. The standard InChI is InChI=1S/C26H34BrN3O4S/c1-19-10-7-8-15-24(19)30(35(3,33)34)18-25(31)29(17-21-11-9-12-22(27)16-21)20(2)26(32)28-23-13-5-4-6-14-23/h7-12,15-16,20,23H,4-6,13-14,17-18H2,1-3H3,(H,28,32)/t20-/m0/s1. The summed E-state index contributed by atoms with van der Waals surface area (Å²) < 4.78 is 27.3. The molecule has 1 atom stereocenters. The number of hydrogen-bond donors (Lipinski definition) is 1. The van der Waals surface area contributed by atoms with Gasteiger partial charge in [0.1, 0.15) is 12.6 Å². The van der Waals surface area contributed by atoms with Crippen LogP contribution in [0.25, 0.3) is 0 Å². The van der Waals surface area contributed by atoms with Crippen molar-refractivity contribution in [3.05, 3.63) is 64.1 Å². The molecule has 0 spiro atoms. The normalized spacial score (nSPS) is 15.3. The lowest BCUT2D eigenvalue weighted by Crippen LogP contribution is -2.53. The van der Waals surface area contributed by atoms with Gasteiger partial charge in [-0.05, 0) is 56.0 Å². The van der Waals surface area contributed by atoms with Crippen molar-refractivity contribution in [3.8, 4) is 0 Å². The van der Waals surface area contributed by atoms with Gasteiger partial charge >= 0.3 is 0 Å². The van der Waals surface area contributed by atoms with Crippen molar-refractivity contribution in [2.24, 2.45) is 0 Å². The Morgan fingerprint density at radius 3 is 2.40 bits per heavy atom. The highest BCUT2D eigenvalue weighted by Gasteiger charge is 2.31. The first kappa shape index (κ1) is 27.2. The largest absolute Gasteiger partial charge is 0.352 e. The fourth-order valence-corrected chi connectivity index (χ4v) is 5.78. The van der Waals surface area contributed by atoms with Crippen molar-refractivity contribution in [2.75, 3.05) is 17.1 Å². The summed E-state index contributed by atoms with van der Waals surface area (Å²) in [6.07, 6.45) is 6.31. The first-order valence-electron chi connectivity index (χ1n) is 11.9. The SMILES string of the molecule is Cc1ccccc1N(CC(=O)N(Cc1cccc(Br)c1)[C@@H](C)C(=O)NC1CCCCC1)S(C)(=O)=O. The average Bonchev–Trinajstić information content (AvgIpc) is 2.81. The van der Waals surface area contributed by atoms with Gasteiger partial charge in [0, 0.05) is 17.1 Å². The number of sulfonamides is 1. The van der Waals surface area contributed by atoms with E-state index in [9.17, 15) is 18.0 Å². The van der Waals surface area contributed by atoms with Crippen LogP contribution in [0.2, 0.25) is 0 Å². The number of nitrogens with zero attached hydrogens (tertiary/aromatic N) is 2. The molecule has 0 saturated heterocycles. The van der Waals surface area contributed by atoms with Gasteiger partial charge in [-0.2, -0.15) is 0 Å². The van der Waals surface area contributed by atoms with Crippen LogP contribution in [0.1, 0.15) is 50.2 Å². The lowest BCUT2D eigenvalue weighted by molar-refractivity contribution is -0.139. The number of nitrogens with one attached hydrogen (secondary N) is 1. The number of carbonyl (C=O) groups excluding carboxylic acids is 2. The van der Waals surface area contributed by atoms with Gasteiger partial charge in [0.25, 0.3) is 0 Å². The summed E-state index contributed by atoms with van der Waals surface area (Å²) in [4.78, 5) is 28.3. The molecule has 1 N–H and O–H groups in total. The molecular formula is C26H34BrN3O4S. The molecule has 9 heteroatoms. The van der Waals surface area contributed by atoms with Crippen molar-refractivity contribution in [1.29, 1.82) is 0 Å². The van der Waals surface area contributed by atoms with Gasteiger partial charge in [-0.15, -0.1) is 0 Å². The minimum Gasteiger partial charge on any atom is -0.352 e. The van der Waals surface area contributed by atoms with E-state index in [-0.39, 0.29) is 18.5 Å². The van der Waals surface area contributed by atoms with E-state index < -0.39 is 28.5 Å². The van der Waals surface area contributed by atoms with Gasteiger partial charge in [-0.1, -0.05) is 65.5 Å². The number of anilines is 1. The molecular weight excluding hydrogens is 530 g/mol. The molecule has 0 aromatic heterocycles. The number of carbonyl (C=O) groups is 2. The highest BCUT2D eigenvalue weighted by atomic mass is 79.9. The maximum absolute atomic E-state index is 13.6. The maximum atomic E-state index is 13.6. The molecule has 3 rings (SSSR count). The highest BCUT2D eigenvalue weighted by molar-refractivity contribution is 9.10. The van der Waals surface area contributed by atoms with Crippen LogP contribution in [0.4, 0.5) is 5.69 Å². The molecule has 7 nitrogen and oxygen atoms in total. The molecule has 2 amide bonds. The highest BCUT2D eigenvalue weighted by Crippen LogP contribution is 2.23. The van der Waals surface area contributed by atoms with Crippen LogP contribution in [0.5, 0.6) is 0 Å². The number of para-hydroxylation sites is 1. The number of rotatable bonds is 9. The monoisotopic (exact) mass is 563 g/mol. The van der Waals surface area contributed by atoms with E-state index in [0.29, 0.717) is 5.69 Å². The summed E-state index contributed by atoms with van der Waals surface area (Å²) in [5.74, 6) is -0.660. The smallest absolute Gasteiger partial charge is 0.244 e. The number of benzene rings is 2. The molecule has 190 valence electrons. The number of amides is 2. The molecule has 1 aliphatic carbocycles. The fraction of sp³-hybridized carbons (Fsp3) is 0.462. The van der Waals surface area contributed by atoms with Crippen molar-refractivity contribution in [3.63, 3.8) is 0 Å². The van der Waals surface area contributed by atoms with E-state index >= 15 is 0 Å². The van der Waals surface area contributed by atoms with Crippen LogP contribution in [0.15, 0.2) is 53.0 Å². The van der Waals surface area contributed by atoms with E-state index in [1.165, 1.54) is 11.3 Å². The third-order valence-corrected chi connectivity index (χ3v) is 8.04. The van der Waals surface area contributed by atoms with Gasteiger partial charge in [-0.3, -0.25) is 13.9 Å². The summed E-state index contributed by atoms with van der Waals surface area (Å²) in [6.45, 7) is 3.30. The van der Waals surface area contributed by atoms with E-state index in [1.54, 1.807) is 32.0 Å². The van der Waals surface area contributed by atoms with Crippen molar-refractivity contribution >= 4 is 43.5 Å². The Morgan fingerprint density at radius 1 is 1.09 bits per heavy atom. The molecule has 35 heavy (non-hydrogen) atoms. The first-order chi connectivity index (χ1) is 16.6. The third-order valence-electron chi connectivity index (χ3n) is 6.42. The predicted molar refractivity (Wildman–Crippen MR) is 143 cm³/mol. The summed E-state index contributed by atoms with van der Waals surface area (Å²) in [5.41, 5.74) is 2.03. The number of halogens is 1. The molecule has 2 aromatic rings. The predicted octanol–water partition coefficient (Wildman–Crippen LogP) is 4.39. The molecule has 0 heterocycles. The molecule has 1 saturated carbocycles. The van der Waals surface area contributed by atoms with E-state index in [0.717, 1.165) is 51.8 Å². The molecule has 1 aliphatic rings. The molecule has 0 radical (unpaired) electrons. The van der Waals surface area contributed by atoms with Crippen LogP contribution in [0, 0.1) is 6.92 Å². The van der Waals surface area contributed by atoms with Crippen molar-refractivity contribution in [2.45, 2.75) is 64.6 Å². The molecule has 0 aliphatic heterocycles. The van der Waals surface area contributed by atoms with E-state index in [1.807, 2.05) is 30.3 Å². The van der Waals surface area contributed by atoms with Gasteiger partial charge in [-0.25, -0.2) is 8.42 Å². The van der Waals surface area contributed by atoms with Crippen LogP contribution >= 0.6 is 15.9 Å². The van der Waals surface area contributed by atoms with Crippen molar-refractivity contribution < 1.29 is 18.0 Å². The lowest BCUT2D eigenvalue weighted by Gasteiger charge is -2.33. The molecule has 0 unspecified atom stereocenters. The minimum atomic E-state index is -3.74. The summed E-state index contributed by atoms with van der Waals surface area (Å²) >= 11 is 3.46. The molecule has 1 fully saturated rings. The second-order valence-corrected chi connectivity index (χ2v) is 12.0. The Hall–Kier alpha value is -2.39. The van der Waals surface area contributed by atoms with Crippen LogP contribution in [0.3, 0.4) is 0 Å². The second-order valence-electron chi connectivity index (χ2n) is 9.23. The van der Waals surface area contributed by atoms with Gasteiger partial charge in [0.05, 0.1) is 11.9 Å². The lowest BCUT2D eigenvalue weighted by atomic mass is 9.95. The van der Waals surface area contributed by atoms with E-state index in [4.69, 9.17) is 0 Å². The average molecular weight is 565 g/mol. The van der Waals surface area contributed by atoms with Crippen LogP contribution in [-0.2, 0) is 26.2 Å². The Bertz CT molecular complexity index is 1150. The number of aryl methyl sites for hydroxylation is 1. The zero-order chi connectivity index (χ0) is 25.6. The van der Waals surface area contributed by atoms with Gasteiger partial charge in [0.2, 0.25) is 21.8 Å². The number of hydrogen-bond acceptors (Lipinski definition) is 4. The Morgan fingerprint density at radius 2 is 1.77 bits per heavy atom. The topological polar surface area (TPSA) is 86.8 Å². The Balaban J connectivity index is 1.88. The zero-order valence-electron chi connectivity index (χ0n) is 20.5. The Kier molecular flexibility index (Phi) is 9.35.